The van der Waals surface area contributed by atoms with Gasteiger partial charge >= 0.3 is 0 Å². The Balaban J connectivity index is 2.06. The molecule has 1 atom stereocenters. The van der Waals surface area contributed by atoms with Crippen LogP contribution in [0.25, 0.3) is 5.69 Å². The van der Waals surface area contributed by atoms with Gasteiger partial charge in [-0.15, -0.1) is 0 Å². The Morgan fingerprint density at radius 1 is 1.26 bits per heavy atom. The highest BCUT2D eigenvalue weighted by Gasteiger charge is 2.21. The van der Waals surface area contributed by atoms with Crippen molar-refractivity contribution >= 4 is 11.6 Å². The molecule has 0 fully saturated rings. The normalized spacial score (nSPS) is 13.0. The van der Waals surface area contributed by atoms with E-state index in [1.807, 2.05) is 42.7 Å². The van der Waals surface area contributed by atoms with Gasteiger partial charge in [0.15, 0.2) is 0 Å². The van der Waals surface area contributed by atoms with Crippen LogP contribution < -0.4 is 11.1 Å². The van der Waals surface area contributed by atoms with Crippen molar-refractivity contribution in [1.82, 2.24) is 9.55 Å². The maximum atomic E-state index is 12.2. The molecule has 1 unspecified atom stereocenters. The molecular weight excluding hydrogens is 288 g/mol. The second kappa shape index (κ2) is 6.54. The summed E-state index contributed by atoms with van der Waals surface area (Å²) in [6.45, 7) is 10.2. The number of benzene rings is 1. The molecule has 0 saturated carbocycles. The van der Waals surface area contributed by atoms with Crippen LogP contribution >= 0.6 is 0 Å². The second-order valence-electron chi connectivity index (χ2n) is 7.19. The van der Waals surface area contributed by atoms with Crippen molar-refractivity contribution in [2.24, 2.45) is 11.1 Å². The van der Waals surface area contributed by atoms with Crippen molar-refractivity contribution in [3.8, 4) is 5.69 Å². The van der Waals surface area contributed by atoms with Crippen LogP contribution in [-0.4, -0.2) is 21.5 Å². The molecule has 1 aromatic carbocycles. The van der Waals surface area contributed by atoms with Gasteiger partial charge in [0.05, 0.1) is 18.1 Å². The molecule has 23 heavy (non-hydrogen) atoms. The third-order valence-corrected chi connectivity index (χ3v) is 3.83. The van der Waals surface area contributed by atoms with E-state index in [2.05, 4.69) is 31.1 Å². The third kappa shape index (κ3) is 4.42. The lowest BCUT2D eigenvalue weighted by Crippen LogP contribution is -2.38. The summed E-state index contributed by atoms with van der Waals surface area (Å²) in [7, 11) is 0. The zero-order chi connectivity index (χ0) is 17.2. The average molecular weight is 314 g/mol. The topological polar surface area (TPSA) is 72.9 Å². The van der Waals surface area contributed by atoms with Gasteiger partial charge in [0.25, 0.3) is 0 Å². The Morgan fingerprint density at radius 2 is 1.87 bits per heavy atom. The van der Waals surface area contributed by atoms with E-state index < -0.39 is 6.04 Å². The molecule has 0 saturated heterocycles. The molecule has 1 heterocycles. The Kier molecular flexibility index (Phi) is 4.90. The summed E-state index contributed by atoms with van der Waals surface area (Å²) in [6, 6.07) is 7.17. The van der Waals surface area contributed by atoms with Gasteiger partial charge in [0, 0.05) is 17.1 Å². The first-order valence-electron chi connectivity index (χ1n) is 7.85. The minimum atomic E-state index is -0.506. The number of rotatable bonds is 4. The van der Waals surface area contributed by atoms with E-state index in [9.17, 15) is 4.79 Å². The molecule has 0 aliphatic carbocycles. The number of nitrogens with zero attached hydrogens (tertiary/aromatic N) is 2. The number of carbonyl (C=O) groups excluding carboxylic acids is 1. The number of amides is 1. The number of nitrogens with one attached hydrogen (secondary N) is 1. The van der Waals surface area contributed by atoms with Gasteiger partial charge in [-0.1, -0.05) is 20.8 Å². The number of hydrogen-bond acceptors (Lipinski definition) is 3. The monoisotopic (exact) mass is 314 g/mol. The van der Waals surface area contributed by atoms with Gasteiger partial charge in [0.2, 0.25) is 5.91 Å². The summed E-state index contributed by atoms with van der Waals surface area (Å²) in [5.41, 5.74) is 9.87. The molecule has 5 nitrogen and oxygen atoms in total. The van der Waals surface area contributed by atoms with Gasteiger partial charge in [-0.25, -0.2) is 4.98 Å². The van der Waals surface area contributed by atoms with Gasteiger partial charge in [0.1, 0.15) is 0 Å². The number of aryl methyl sites for hydroxylation is 1. The Morgan fingerprint density at radius 3 is 2.35 bits per heavy atom. The zero-order valence-electron chi connectivity index (χ0n) is 14.6. The van der Waals surface area contributed by atoms with E-state index >= 15 is 0 Å². The van der Waals surface area contributed by atoms with Crippen molar-refractivity contribution in [2.45, 2.75) is 47.1 Å². The SMILES string of the molecule is Cc1ncn(-c2ccc(NC(=O)C(N)CC(C)(C)C)cc2)c1C. The lowest BCUT2D eigenvalue weighted by Gasteiger charge is -2.22. The zero-order valence-corrected chi connectivity index (χ0v) is 14.6. The van der Waals surface area contributed by atoms with Crippen molar-refractivity contribution in [3.05, 3.63) is 42.0 Å². The number of hydrogen-bond donors (Lipinski definition) is 2. The molecule has 2 rings (SSSR count). The molecule has 0 radical (unpaired) electrons. The van der Waals surface area contributed by atoms with Gasteiger partial charge in [-0.3, -0.25) is 4.79 Å². The van der Waals surface area contributed by atoms with Crippen molar-refractivity contribution in [1.29, 1.82) is 0 Å². The predicted octanol–water partition coefficient (Wildman–Crippen LogP) is 3.19. The molecule has 0 bridgehead atoms. The van der Waals surface area contributed by atoms with E-state index in [1.54, 1.807) is 6.33 Å². The number of aromatic nitrogens is 2. The number of carbonyl (C=O) groups is 1. The minimum Gasteiger partial charge on any atom is -0.325 e. The molecule has 2 aromatic rings. The molecular formula is C18H26N4O. The second-order valence-corrected chi connectivity index (χ2v) is 7.19. The summed E-state index contributed by atoms with van der Waals surface area (Å²) < 4.78 is 2.02. The average Bonchev–Trinajstić information content (AvgIpc) is 2.78. The van der Waals surface area contributed by atoms with Gasteiger partial charge < -0.3 is 15.6 Å². The van der Waals surface area contributed by atoms with Crippen LogP contribution in [0.5, 0.6) is 0 Å². The van der Waals surface area contributed by atoms with Crippen LogP contribution in [0.1, 0.15) is 38.6 Å². The molecule has 3 N–H and O–H groups in total. The lowest BCUT2D eigenvalue weighted by atomic mass is 9.88. The Hall–Kier alpha value is -2.14. The minimum absolute atomic E-state index is 0.0252. The number of nitrogens with two attached hydrogens (primary N) is 1. The standard InChI is InChI=1S/C18H26N4O/c1-12-13(2)22(11-20-12)15-8-6-14(7-9-15)21-17(23)16(19)10-18(3,4)5/h6-9,11,16H,10,19H2,1-5H3,(H,21,23). The van der Waals surface area contributed by atoms with Crippen LogP contribution in [-0.2, 0) is 4.79 Å². The fraction of sp³-hybridized carbons (Fsp3) is 0.444. The maximum Gasteiger partial charge on any atom is 0.241 e. The van der Waals surface area contributed by atoms with E-state index in [1.165, 1.54) is 0 Å². The molecule has 0 spiro atoms. The third-order valence-electron chi connectivity index (χ3n) is 3.83. The molecule has 1 aromatic heterocycles. The van der Waals surface area contributed by atoms with E-state index in [-0.39, 0.29) is 11.3 Å². The molecule has 124 valence electrons. The summed E-state index contributed by atoms with van der Waals surface area (Å²) in [6.07, 6.45) is 2.45. The fourth-order valence-electron chi connectivity index (χ4n) is 2.45. The van der Waals surface area contributed by atoms with Crippen LogP contribution in [0.15, 0.2) is 30.6 Å². The van der Waals surface area contributed by atoms with Crippen molar-refractivity contribution in [2.75, 3.05) is 5.32 Å². The van der Waals surface area contributed by atoms with Crippen molar-refractivity contribution < 1.29 is 4.79 Å². The predicted molar refractivity (Wildman–Crippen MR) is 93.7 cm³/mol. The highest BCUT2D eigenvalue weighted by Crippen LogP contribution is 2.21. The van der Waals surface area contributed by atoms with Gasteiger partial charge in [-0.05, 0) is 49.9 Å². The van der Waals surface area contributed by atoms with E-state index in [0.717, 1.165) is 22.8 Å². The summed E-state index contributed by atoms with van der Waals surface area (Å²) in [5, 5.41) is 2.87. The largest absolute Gasteiger partial charge is 0.325 e. The highest BCUT2D eigenvalue weighted by molar-refractivity contribution is 5.94. The molecule has 0 aliphatic heterocycles. The van der Waals surface area contributed by atoms with Crippen LogP contribution in [0.3, 0.4) is 0 Å². The molecule has 0 aliphatic rings. The van der Waals surface area contributed by atoms with Crippen LogP contribution in [0, 0.1) is 19.3 Å². The number of anilines is 1. The first-order valence-corrected chi connectivity index (χ1v) is 7.85. The quantitative estimate of drug-likeness (QED) is 0.910. The van der Waals surface area contributed by atoms with E-state index in [0.29, 0.717) is 6.42 Å². The first kappa shape index (κ1) is 17.2. The smallest absolute Gasteiger partial charge is 0.241 e. The van der Waals surface area contributed by atoms with Crippen LogP contribution in [0.2, 0.25) is 0 Å². The van der Waals surface area contributed by atoms with Crippen LogP contribution in [0.4, 0.5) is 5.69 Å². The maximum absolute atomic E-state index is 12.2. The highest BCUT2D eigenvalue weighted by atomic mass is 16.2. The summed E-state index contributed by atoms with van der Waals surface area (Å²) in [4.78, 5) is 16.4. The first-order chi connectivity index (χ1) is 10.7. The summed E-state index contributed by atoms with van der Waals surface area (Å²) in [5.74, 6) is -0.151. The van der Waals surface area contributed by atoms with E-state index in [4.69, 9.17) is 5.73 Å². The van der Waals surface area contributed by atoms with Gasteiger partial charge in [-0.2, -0.15) is 0 Å². The number of imidazole rings is 1. The molecule has 1 amide bonds. The fourth-order valence-corrected chi connectivity index (χ4v) is 2.45. The Bertz CT molecular complexity index is 680. The summed E-state index contributed by atoms with van der Waals surface area (Å²) >= 11 is 0. The van der Waals surface area contributed by atoms with Crippen molar-refractivity contribution in [3.63, 3.8) is 0 Å². The lowest BCUT2D eigenvalue weighted by molar-refractivity contribution is -0.118. The Labute approximate surface area is 137 Å². The molecule has 5 heteroatoms.